The van der Waals surface area contributed by atoms with Crippen LogP contribution >= 0.6 is 0 Å². The van der Waals surface area contributed by atoms with Crippen molar-refractivity contribution in [3.63, 3.8) is 0 Å². The Hall–Kier alpha value is -2.36. The Labute approximate surface area is 205 Å². The molecule has 0 spiro atoms. The summed E-state index contributed by atoms with van der Waals surface area (Å²) >= 11 is -2.34. The van der Waals surface area contributed by atoms with E-state index in [1.807, 2.05) is 32.0 Å². The average molecular weight is 519 g/mol. The van der Waals surface area contributed by atoms with E-state index in [9.17, 15) is 10.1 Å². The Bertz CT molecular complexity index is 1210. The number of rotatable bonds is 8. The molecular weight excluding hydrogens is 491 g/mol. The molecule has 1 aliphatic rings. The van der Waals surface area contributed by atoms with Crippen LogP contribution in [0, 0.1) is 11.3 Å². The zero-order valence-corrected chi connectivity index (χ0v) is 22.4. The maximum atomic E-state index is 12.4. The molecule has 168 valence electrons. The molecule has 1 atom stereocenters. The monoisotopic (exact) mass is 519 g/mol. The van der Waals surface area contributed by atoms with Crippen molar-refractivity contribution < 1.29 is 41.5 Å². The molecule has 0 saturated carbocycles. The molecule has 4 rings (SSSR count). The predicted octanol–water partition coefficient (Wildman–Crippen LogP) is 6.04. The van der Waals surface area contributed by atoms with E-state index in [1.165, 1.54) is 11.1 Å². The van der Waals surface area contributed by atoms with Crippen molar-refractivity contribution >= 4 is 2.59 Å². The molecule has 1 heterocycles. The second-order valence-electron chi connectivity index (χ2n) is 8.94. The number of ether oxygens (including phenoxy) is 1. The number of carbonyl (C=O) groups is 1. The third-order valence-corrected chi connectivity index (χ3v) is 15.9. The molecule has 0 radical (unpaired) electrons. The van der Waals surface area contributed by atoms with Gasteiger partial charge < -0.3 is 0 Å². The van der Waals surface area contributed by atoms with Crippen LogP contribution in [0.15, 0.2) is 40.9 Å². The molecule has 3 aromatic rings. The van der Waals surface area contributed by atoms with Gasteiger partial charge in [0.2, 0.25) is 0 Å². The molecule has 2 aromatic carbocycles. The van der Waals surface area contributed by atoms with E-state index >= 15 is 0 Å². The number of carbonyl (C=O) groups excluding carboxylic acids is 1. The van der Waals surface area contributed by atoms with Crippen molar-refractivity contribution in [2.24, 2.45) is 0 Å². The predicted molar refractivity (Wildman–Crippen MR) is 122 cm³/mol. The number of benzene rings is 2. The van der Waals surface area contributed by atoms with Gasteiger partial charge >= 0.3 is 186 Å². The summed E-state index contributed by atoms with van der Waals surface area (Å²) in [7, 11) is 0. The van der Waals surface area contributed by atoms with Gasteiger partial charge in [-0.25, -0.2) is 0 Å². The van der Waals surface area contributed by atoms with Gasteiger partial charge in [-0.15, -0.1) is 0 Å². The summed E-state index contributed by atoms with van der Waals surface area (Å²) in [5, 5.41) is 13.8. The summed E-state index contributed by atoms with van der Waals surface area (Å²) in [4.78, 5) is 17.1. The zero-order valence-electron chi connectivity index (χ0n) is 19.6. The molecular formula is C26H28N3O3Y. The van der Waals surface area contributed by atoms with E-state index < -0.39 is 27.4 Å². The van der Waals surface area contributed by atoms with Gasteiger partial charge in [-0.1, -0.05) is 0 Å². The van der Waals surface area contributed by atoms with Crippen LogP contribution in [0.25, 0.3) is 22.8 Å². The maximum absolute atomic E-state index is 12.4. The third kappa shape index (κ3) is 4.95. The fraction of sp³-hybridized carbons (Fsp3) is 0.385. The van der Waals surface area contributed by atoms with E-state index in [4.69, 9.17) is 9.26 Å². The van der Waals surface area contributed by atoms with Crippen molar-refractivity contribution in [2.45, 2.75) is 59.0 Å². The molecule has 0 aliphatic heterocycles. The normalized spacial score (nSPS) is 14.7. The van der Waals surface area contributed by atoms with Crippen molar-refractivity contribution in [3.05, 3.63) is 53.1 Å². The van der Waals surface area contributed by atoms with Gasteiger partial charge in [0.15, 0.2) is 0 Å². The quantitative estimate of drug-likeness (QED) is 0.360. The van der Waals surface area contributed by atoms with Crippen molar-refractivity contribution in [1.29, 1.82) is 5.26 Å². The first-order valence-corrected chi connectivity index (χ1v) is 16.7. The number of aromatic nitrogens is 2. The van der Waals surface area contributed by atoms with Gasteiger partial charge in [-0.3, -0.25) is 0 Å². The Morgan fingerprint density at radius 3 is 2.85 bits per heavy atom. The number of hydrogen-bond donors (Lipinski definition) is 0. The van der Waals surface area contributed by atoms with Gasteiger partial charge in [0.1, 0.15) is 0 Å². The molecule has 33 heavy (non-hydrogen) atoms. The van der Waals surface area contributed by atoms with Crippen LogP contribution in [-0.4, -0.2) is 18.8 Å². The first kappa shape index (κ1) is 23.8. The number of hydrogen-bond acceptors (Lipinski definition) is 6. The van der Waals surface area contributed by atoms with E-state index in [0.717, 1.165) is 28.1 Å². The van der Waals surface area contributed by atoms with Crippen molar-refractivity contribution in [1.82, 2.24) is 10.1 Å². The fourth-order valence-corrected chi connectivity index (χ4v) is 13.0. The minimum absolute atomic E-state index is 0.0217. The van der Waals surface area contributed by atoms with Crippen LogP contribution in [-0.2, 0) is 38.7 Å². The van der Waals surface area contributed by atoms with Crippen LogP contribution < -0.4 is 4.74 Å². The van der Waals surface area contributed by atoms with Gasteiger partial charge in [-0.2, -0.15) is 0 Å². The number of fused-ring (bicyclic) bond motifs is 1. The van der Waals surface area contributed by atoms with E-state index in [0.29, 0.717) is 33.9 Å². The Balaban J connectivity index is 1.66. The SMILES string of the molecule is CC[CH2][Y]([C](C)=O)[C@@H]1CCc2c(-c3noc(-c4ccc(OC(C)C)c(C#N)c4)n3)cccc21. The van der Waals surface area contributed by atoms with Gasteiger partial charge in [-0.05, 0) is 13.8 Å². The van der Waals surface area contributed by atoms with E-state index in [1.54, 1.807) is 19.1 Å². The van der Waals surface area contributed by atoms with Crippen LogP contribution in [0.3, 0.4) is 0 Å². The van der Waals surface area contributed by atoms with Crippen molar-refractivity contribution in [3.8, 4) is 34.7 Å². The van der Waals surface area contributed by atoms with Crippen LogP contribution in [0.5, 0.6) is 5.75 Å². The molecule has 1 aromatic heterocycles. The second kappa shape index (κ2) is 10.3. The average Bonchev–Trinajstić information content (AvgIpc) is 3.45. The Kier molecular flexibility index (Phi) is 7.41. The third-order valence-electron chi connectivity index (χ3n) is 6.30. The second-order valence-corrected chi connectivity index (χ2v) is 17.3. The molecule has 0 unspecified atom stereocenters. The summed E-state index contributed by atoms with van der Waals surface area (Å²) in [6.07, 6.45) is 3.07. The first-order chi connectivity index (χ1) is 15.9. The summed E-state index contributed by atoms with van der Waals surface area (Å²) in [5.74, 6) is 1.46. The summed E-state index contributed by atoms with van der Waals surface area (Å²) in [5.41, 5.74) is 4.68. The van der Waals surface area contributed by atoms with E-state index in [-0.39, 0.29) is 6.10 Å². The minimum atomic E-state index is -2.34. The topological polar surface area (TPSA) is 89.0 Å². The van der Waals surface area contributed by atoms with Crippen molar-refractivity contribution in [2.75, 3.05) is 0 Å². The van der Waals surface area contributed by atoms with Crippen LogP contribution in [0.4, 0.5) is 0 Å². The summed E-state index contributed by atoms with van der Waals surface area (Å²) in [6.45, 7) is 7.83. The van der Waals surface area contributed by atoms with E-state index in [2.05, 4.69) is 29.2 Å². The fourth-order valence-electron chi connectivity index (χ4n) is 4.87. The summed E-state index contributed by atoms with van der Waals surface area (Å²) in [6, 6.07) is 13.8. The number of nitriles is 1. The molecule has 0 bridgehead atoms. The molecule has 1 aliphatic carbocycles. The zero-order chi connectivity index (χ0) is 23.5. The summed E-state index contributed by atoms with van der Waals surface area (Å²) < 4.78 is 13.3. The molecule has 6 nitrogen and oxygen atoms in total. The van der Waals surface area contributed by atoms with Gasteiger partial charge in [0, 0.05) is 0 Å². The standard InChI is InChI=1S/C21H18N3O2.C3H7.C2H3O.Y/c1-13(2)25-19-10-9-15(11-16(19)12-22)21-23-20(24-26-21)18-8-4-6-14-5-3-7-17(14)18;1-3-2;1-2-3;/h4-6,8-11,13H,3,7H2,1-2H3;1,3H2,2H3;1H3;. The van der Waals surface area contributed by atoms with Gasteiger partial charge in [0.05, 0.1) is 6.10 Å². The molecule has 7 heteroatoms. The van der Waals surface area contributed by atoms with Crippen LogP contribution in [0.2, 0.25) is 3.23 Å². The number of nitrogens with zero attached hydrogens (tertiary/aromatic N) is 3. The first-order valence-electron chi connectivity index (χ1n) is 11.6. The molecule has 0 amide bonds. The molecule has 0 saturated heterocycles. The Morgan fingerprint density at radius 2 is 2.15 bits per heavy atom. The Morgan fingerprint density at radius 1 is 1.33 bits per heavy atom. The van der Waals surface area contributed by atoms with Crippen LogP contribution in [0.1, 0.15) is 60.0 Å². The molecule has 0 N–H and O–H groups in total. The van der Waals surface area contributed by atoms with Gasteiger partial charge in [0.25, 0.3) is 0 Å². The molecule has 0 fully saturated rings.